The molecule has 90 valence electrons. The number of rotatable bonds is 5. The highest BCUT2D eigenvalue weighted by molar-refractivity contribution is 5.95. The number of hydrogen-bond donors (Lipinski definition) is 2. The van der Waals surface area contributed by atoms with E-state index in [4.69, 9.17) is 4.74 Å². The molecule has 1 heterocycles. The van der Waals surface area contributed by atoms with Crippen molar-refractivity contribution >= 4 is 17.9 Å². The number of benzene rings is 1. The van der Waals surface area contributed by atoms with Crippen LogP contribution in [0.1, 0.15) is 5.56 Å². The monoisotopic (exact) mass is 234 g/mol. The fourth-order valence-corrected chi connectivity index (χ4v) is 1.68. The van der Waals surface area contributed by atoms with Crippen LogP contribution in [0.3, 0.4) is 0 Å². The second-order valence-electron chi connectivity index (χ2n) is 3.79. The quantitative estimate of drug-likeness (QED) is 0.570. The van der Waals surface area contributed by atoms with E-state index >= 15 is 0 Å². The second-order valence-corrected chi connectivity index (χ2v) is 3.79. The Kier molecular flexibility index (Phi) is 3.72. The van der Waals surface area contributed by atoms with Crippen LogP contribution in [0.4, 0.5) is 5.69 Å². The van der Waals surface area contributed by atoms with E-state index < -0.39 is 0 Å². The molecule has 1 aliphatic rings. The average molecular weight is 234 g/mol. The Morgan fingerprint density at radius 2 is 2.35 bits per heavy atom. The molecule has 1 aromatic rings. The lowest BCUT2D eigenvalue weighted by molar-refractivity contribution is -0.118. The molecule has 0 bridgehead atoms. The van der Waals surface area contributed by atoms with Gasteiger partial charge in [0.1, 0.15) is 12.0 Å². The number of amides is 1. The molecule has 0 fully saturated rings. The fourth-order valence-electron chi connectivity index (χ4n) is 1.68. The van der Waals surface area contributed by atoms with Crippen LogP contribution in [0, 0.1) is 0 Å². The number of anilines is 1. The number of hydrogen-bond acceptors (Lipinski definition) is 4. The Morgan fingerprint density at radius 1 is 1.47 bits per heavy atom. The van der Waals surface area contributed by atoms with Crippen molar-refractivity contribution in [2.45, 2.75) is 6.42 Å². The van der Waals surface area contributed by atoms with Crippen LogP contribution in [-0.4, -0.2) is 31.9 Å². The highest BCUT2D eigenvalue weighted by Gasteiger charge is 2.15. The largest absolute Gasteiger partial charge is 0.482 e. The molecule has 5 nitrogen and oxygen atoms in total. The third kappa shape index (κ3) is 3.04. The van der Waals surface area contributed by atoms with Gasteiger partial charge in [-0.3, -0.25) is 4.79 Å². The molecule has 0 saturated carbocycles. The Balaban J connectivity index is 1.98. The highest BCUT2D eigenvalue weighted by atomic mass is 16.5. The van der Waals surface area contributed by atoms with Crippen LogP contribution in [0.2, 0.25) is 0 Å². The summed E-state index contributed by atoms with van der Waals surface area (Å²) >= 11 is 0. The first-order valence-corrected chi connectivity index (χ1v) is 5.49. The zero-order chi connectivity index (χ0) is 12.1. The van der Waals surface area contributed by atoms with Crippen LogP contribution < -0.4 is 15.4 Å². The van der Waals surface area contributed by atoms with Gasteiger partial charge in [0.05, 0.1) is 12.2 Å². The number of ether oxygens (including phenoxy) is 1. The van der Waals surface area contributed by atoms with E-state index in [0.29, 0.717) is 18.0 Å². The van der Waals surface area contributed by atoms with Gasteiger partial charge >= 0.3 is 0 Å². The Hall–Kier alpha value is -1.88. The van der Waals surface area contributed by atoms with Gasteiger partial charge in [0.25, 0.3) is 5.91 Å². The molecule has 0 saturated heterocycles. The number of carbonyl (C=O) groups excluding carboxylic acids is 2. The predicted molar refractivity (Wildman–Crippen MR) is 63.2 cm³/mol. The topological polar surface area (TPSA) is 67.4 Å². The van der Waals surface area contributed by atoms with Gasteiger partial charge in [0.2, 0.25) is 0 Å². The van der Waals surface area contributed by atoms with E-state index in [0.717, 1.165) is 24.8 Å². The van der Waals surface area contributed by atoms with Gasteiger partial charge in [-0.1, -0.05) is 6.07 Å². The SMILES string of the molecule is O=CCNCCc1ccc2c(c1)NC(=O)CO2. The summed E-state index contributed by atoms with van der Waals surface area (Å²) in [7, 11) is 0. The fraction of sp³-hybridized carbons (Fsp3) is 0.333. The minimum Gasteiger partial charge on any atom is -0.482 e. The molecule has 0 aliphatic carbocycles. The van der Waals surface area contributed by atoms with Gasteiger partial charge < -0.3 is 20.2 Å². The van der Waals surface area contributed by atoms with Gasteiger partial charge in [0, 0.05) is 0 Å². The normalized spacial score (nSPS) is 13.5. The molecule has 1 aromatic carbocycles. The van der Waals surface area contributed by atoms with Gasteiger partial charge in [0.15, 0.2) is 6.61 Å². The van der Waals surface area contributed by atoms with Crippen LogP contribution in [0.5, 0.6) is 5.75 Å². The number of nitrogens with one attached hydrogen (secondary N) is 2. The van der Waals surface area contributed by atoms with Crippen molar-refractivity contribution in [2.24, 2.45) is 0 Å². The molecule has 2 N–H and O–H groups in total. The van der Waals surface area contributed by atoms with Crippen molar-refractivity contribution in [3.8, 4) is 5.75 Å². The van der Waals surface area contributed by atoms with E-state index in [9.17, 15) is 9.59 Å². The molecule has 0 atom stereocenters. The van der Waals surface area contributed by atoms with Crippen molar-refractivity contribution in [1.29, 1.82) is 0 Å². The maximum absolute atomic E-state index is 11.1. The highest BCUT2D eigenvalue weighted by Crippen LogP contribution is 2.28. The molecule has 0 spiro atoms. The maximum atomic E-state index is 11.1. The summed E-state index contributed by atoms with van der Waals surface area (Å²) in [5.74, 6) is 0.572. The summed E-state index contributed by atoms with van der Waals surface area (Å²) in [6, 6.07) is 5.71. The lowest BCUT2D eigenvalue weighted by Crippen LogP contribution is -2.25. The van der Waals surface area contributed by atoms with Gasteiger partial charge in [-0.2, -0.15) is 0 Å². The average Bonchev–Trinajstić information content (AvgIpc) is 2.34. The lowest BCUT2D eigenvalue weighted by atomic mass is 10.1. The minimum atomic E-state index is -0.131. The third-order valence-corrected chi connectivity index (χ3v) is 2.49. The van der Waals surface area contributed by atoms with E-state index in [2.05, 4.69) is 10.6 Å². The number of aldehydes is 1. The first kappa shape index (κ1) is 11.6. The molecule has 2 rings (SSSR count). The summed E-state index contributed by atoms with van der Waals surface area (Å²) in [4.78, 5) is 21.3. The number of carbonyl (C=O) groups is 2. The summed E-state index contributed by atoms with van der Waals surface area (Å²) in [6.07, 6.45) is 1.64. The van der Waals surface area contributed by atoms with Gasteiger partial charge in [-0.05, 0) is 30.7 Å². The van der Waals surface area contributed by atoms with Crippen molar-refractivity contribution in [2.75, 3.05) is 25.0 Å². The molecule has 0 aromatic heterocycles. The molecular weight excluding hydrogens is 220 g/mol. The predicted octanol–water partition coefficient (Wildman–Crippen LogP) is 0.348. The van der Waals surface area contributed by atoms with E-state index in [1.165, 1.54) is 0 Å². The Labute approximate surface area is 99.2 Å². The molecule has 0 radical (unpaired) electrons. The zero-order valence-corrected chi connectivity index (χ0v) is 9.36. The minimum absolute atomic E-state index is 0.0766. The van der Waals surface area contributed by atoms with E-state index in [1.807, 2.05) is 18.2 Å². The molecular formula is C12H14N2O3. The standard InChI is InChI=1S/C12H14N2O3/c15-6-5-13-4-3-9-1-2-11-10(7-9)14-12(16)8-17-11/h1-2,6-7,13H,3-5,8H2,(H,14,16). The maximum Gasteiger partial charge on any atom is 0.262 e. The van der Waals surface area contributed by atoms with Crippen molar-refractivity contribution < 1.29 is 14.3 Å². The summed E-state index contributed by atoms with van der Waals surface area (Å²) in [5, 5.41) is 5.75. The van der Waals surface area contributed by atoms with Crippen LogP contribution >= 0.6 is 0 Å². The van der Waals surface area contributed by atoms with Crippen molar-refractivity contribution in [3.63, 3.8) is 0 Å². The zero-order valence-electron chi connectivity index (χ0n) is 9.36. The smallest absolute Gasteiger partial charge is 0.262 e. The molecule has 1 aliphatic heterocycles. The molecule has 0 unspecified atom stereocenters. The van der Waals surface area contributed by atoms with Gasteiger partial charge in [-0.25, -0.2) is 0 Å². The first-order chi connectivity index (χ1) is 8.29. The summed E-state index contributed by atoms with van der Waals surface area (Å²) in [5.41, 5.74) is 1.81. The molecule has 5 heteroatoms. The third-order valence-electron chi connectivity index (χ3n) is 2.49. The van der Waals surface area contributed by atoms with Crippen LogP contribution in [0.25, 0.3) is 0 Å². The van der Waals surface area contributed by atoms with E-state index in [1.54, 1.807) is 0 Å². The van der Waals surface area contributed by atoms with Gasteiger partial charge in [-0.15, -0.1) is 0 Å². The lowest BCUT2D eigenvalue weighted by Gasteiger charge is -2.18. The summed E-state index contributed by atoms with van der Waals surface area (Å²) in [6.45, 7) is 1.17. The molecule has 17 heavy (non-hydrogen) atoms. The first-order valence-electron chi connectivity index (χ1n) is 5.49. The second kappa shape index (κ2) is 5.45. The van der Waals surface area contributed by atoms with Crippen LogP contribution in [0.15, 0.2) is 18.2 Å². The van der Waals surface area contributed by atoms with Crippen LogP contribution in [-0.2, 0) is 16.0 Å². The summed E-state index contributed by atoms with van der Waals surface area (Å²) < 4.78 is 5.26. The molecule has 1 amide bonds. The Bertz CT molecular complexity index is 432. The van der Waals surface area contributed by atoms with Crippen molar-refractivity contribution in [1.82, 2.24) is 5.32 Å². The Morgan fingerprint density at radius 3 is 3.18 bits per heavy atom. The van der Waals surface area contributed by atoms with Crippen molar-refractivity contribution in [3.05, 3.63) is 23.8 Å². The number of fused-ring (bicyclic) bond motifs is 1. The van der Waals surface area contributed by atoms with E-state index in [-0.39, 0.29) is 12.5 Å².